The number of rotatable bonds is 7. The number of nitrogens with zero attached hydrogens (tertiary/aromatic N) is 2. The highest BCUT2D eigenvalue weighted by atomic mass is 32.1. The van der Waals surface area contributed by atoms with Crippen molar-refractivity contribution in [2.24, 2.45) is 0 Å². The molecule has 300 valence electrons. The monoisotopic (exact) mass is 848 g/mol. The van der Waals surface area contributed by atoms with Crippen LogP contribution in [0.2, 0.25) is 0 Å². The molecule has 0 atom stereocenters. The van der Waals surface area contributed by atoms with Gasteiger partial charge in [0.2, 0.25) is 0 Å². The summed E-state index contributed by atoms with van der Waals surface area (Å²) in [5, 5.41) is 13.1. The van der Waals surface area contributed by atoms with Gasteiger partial charge in [0, 0.05) is 47.4 Å². The molecular formula is C60H40N2SSi. The van der Waals surface area contributed by atoms with Crippen LogP contribution in [0.1, 0.15) is 0 Å². The summed E-state index contributed by atoms with van der Waals surface area (Å²) >= 11 is 1.89. The van der Waals surface area contributed by atoms with Crippen LogP contribution in [-0.4, -0.2) is 17.2 Å². The number of aromatic nitrogens is 2. The van der Waals surface area contributed by atoms with Gasteiger partial charge in [-0.25, -0.2) is 0 Å². The Labute approximate surface area is 376 Å². The van der Waals surface area contributed by atoms with Crippen LogP contribution in [0.25, 0.3) is 86.3 Å². The summed E-state index contributed by atoms with van der Waals surface area (Å²) < 4.78 is 7.67. The number of benzene rings is 10. The van der Waals surface area contributed by atoms with Gasteiger partial charge in [-0.2, -0.15) is 0 Å². The van der Waals surface area contributed by atoms with Gasteiger partial charge in [-0.1, -0.05) is 200 Å². The number of thiophene rings is 1. The molecule has 0 saturated carbocycles. The van der Waals surface area contributed by atoms with E-state index in [1.54, 1.807) is 0 Å². The molecule has 0 radical (unpaired) electrons. The maximum Gasteiger partial charge on any atom is 0.179 e. The van der Waals surface area contributed by atoms with Crippen LogP contribution in [0.5, 0.6) is 0 Å². The predicted octanol–water partition coefficient (Wildman–Crippen LogP) is 13.3. The lowest BCUT2D eigenvalue weighted by molar-refractivity contribution is 1.13. The molecule has 0 amide bonds. The van der Waals surface area contributed by atoms with E-state index in [0.717, 1.165) is 11.4 Å². The average molecular weight is 849 g/mol. The highest BCUT2D eigenvalue weighted by molar-refractivity contribution is 7.26. The van der Waals surface area contributed by atoms with Crippen molar-refractivity contribution < 1.29 is 0 Å². The second-order valence-electron chi connectivity index (χ2n) is 16.8. The van der Waals surface area contributed by atoms with Crippen LogP contribution in [-0.2, 0) is 0 Å². The SMILES string of the molecule is c1ccc([Si](c2ccccc2)(c2ccccc2)c2ccc(-n3c4ccccc4c4cccc(-n5c6ccccc6c6ccc(-c7cccc8c7sc7ccccc78)cc65)c43)cc2)cc1. The lowest BCUT2D eigenvalue weighted by atomic mass is 10.0. The molecule has 3 heterocycles. The second kappa shape index (κ2) is 14.7. The van der Waals surface area contributed by atoms with Crippen LogP contribution in [0, 0.1) is 0 Å². The Morgan fingerprint density at radius 2 is 0.828 bits per heavy atom. The first-order chi connectivity index (χ1) is 31.8. The summed E-state index contributed by atoms with van der Waals surface area (Å²) in [6.07, 6.45) is 0. The van der Waals surface area contributed by atoms with E-state index in [2.05, 4.69) is 252 Å². The Morgan fingerprint density at radius 1 is 0.328 bits per heavy atom. The van der Waals surface area contributed by atoms with Gasteiger partial charge in [0.1, 0.15) is 0 Å². The predicted molar refractivity (Wildman–Crippen MR) is 277 cm³/mol. The van der Waals surface area contributed by atoms with E-state index in [0.29, 0.717) is 0 Å². The summed E-state index contributed by atoms with van der Waals surface area (Å²) in [7, 11) is -2.70. The summed E-state index contributed by atoms with van der Waals surface area (Å²) in [6, 6.07) is 90.4. The van der Waals surface area contributed by atoms with Crippen molar-refractivity contribution in [3.05, 3.63) is 243 Å². The van der Waals surface area contributed by atoms with Crippen molar-refractivity contribution in [2.45, 2.75) is 0 Å². The molecule has 2 nitrogen and oxygen atoms in total. The van der Waals surface area contributed by atoms with Crippen molar-refractivity contribution in [1.29, 1.82) is 0 Å². The Kier molecular flexibility index (Phi) is 8.45. The summed E-state index contributed by atoms with van der Waals surface area (Å²) in [5.74, 6) is 0. The molecule has 4 heteroatoms. The first-order valence-corrected chi connectivity index (χ1v) is 24.8. The summed E-state index contributed by atoms with van der Waals surface area (Å²) in [4.78, 5) is 0. The Bertz CT molecular complexity index is 3790. The van der Waals surface area contributed by atoms with E-state index >= 15 is 0 Å². The fraction of sp³-hybridized carbons (Fsp3) is 0. The molecule has 13 rings (SSSR count). The van der Waals surface area contributed by atoms with Gasteiger partial charge in [0.15, 0.2) is 8.07 Å². The highest BCUT2D eigenvalue weighted by Crippen LogP contribution is 2.43. The minimum absolute atomic E-state index is 1.14. The molecule has 0 aliphatic rings. The Hall–Kier alpha value is -7.76. The average Bonchev–Trinajstić information content (AvgIpc) is 4.03. The zero-order chi connectivity index (χ0) is 42.2. The summed E-state index contributed by atoms with van der Waals surface area (Å²) in [5.41, 5.74) is 9.55. The van der Waals surface area contributed by atoms with Gasteiger partial charge in [-0.05, 0) is 74.3 Å². The first-order valence-electron chi connectivity index (χ1n) is 22.0. The van der Waals surface area contributed by atoms with Gasteiger partial charge in [-0.3, -0.25) is 0 Å². The van der Waals surface area contributed by atoms with Crippen LogP contribution >= 0.6 is 11.3 Å². The Morgan fingerprint density at radius 3 is 1.50 bits per heavy atom. The molecule has 0 aliphatic carbocycles. The molecule has 0 saturated heterocycles. The number of fused-ring (bicyclic) bond motifs is 9. The van der Waals surface area contributed by atoms with E-state index in [1.807, 2.05) is 11.3 Å². The maximum absolute atomic E-state index is 2.70. The van der Waals surface area contributed by atoms with Crippen LogP contribution < -0.4 is 20.7 Å². The van der Waals surface area contributed by atoms with Crippen molar-refractivity contribution in [3.63, 3.8) is 0 Å². The van der Waals surface area contributed by atoms with E-state index < -0.39 is 8.07 Å². The fourth-order valence-electron chi connectivity index (χ4n) is 10.7. The van der Waals surface area contributed by atoms with E-state index in [4.69, 9.17) is 0 Å². The fourth-order valence-corrected chi connectivity index (χ4v) is 16.7. The van der Waals surface area contributed by atoms with E-state index in [9.17, 15) is 0 Å². The minimum atomic E-state index is -2.70. The lowest BCUT2D eigenvalue weighted by Crippen LogP contribution is -2.74. The number of hydrogen-bond donors (Lipinski definition) is 0. The third-order valence-corrected chi connectivity index (χ3v) is 19.5. The van der Waals surface area contributed by atoms with Gasteiger partial charge in [-0.15, -0.1) is 11.3 Å². The van der Waals surface area contributed by atoms with Gasteiger partial charge >= 0.3 is 0 Å². The Balaban J connectivity index is 1.06. The second-order valence-corrected chi connectivity index (χ2v) is 21.6. The minimum Gasteiger partial charge on any atom is -0.307 e. The van der Waals surface area contributed by atoms with Crippen LogP contribution in [0.4, 0.5) is 0 Å². The standard InChI is InChI=1S/C60H40N2SSi/c1-4-18-43(19-5-1)64(44-20-6-2-7-21-44,45-22-8-3-9-23-45)46-37-35-42(36-38-46)61-54-30-13-11-25-49(54)52-28-17-32-56(59(52)61)62-55-31-14-10-24-48(55)50-39-34-41(40-57(50)62)47-27-16-29-53-51-26-12-15-33-58(51)63-60(47)53/h1-40H. The van der Waals surface area contributed by atoms with Crippen LogP contribution in [0.15, 0.2) is 243 Å². The first kappa shape index (κ1) is 36.9. The maximum atomic E-state index is 2.52. The van der Waals surface area contributed by atoms with Crippen molar-refractivity contribution in [2.75, 3.05) is 0 Å². The van der Waals surface area contributed by atoms with Crippen molar-refractivity contribution in [3.8, 4) is 22.5 Å². The number of hydrogen-bond acceptors (Lipinski definition) is 1. The van der Waals surface area contributed by atoms with Gasteiger partial charge in [0.25, 0.3) is 0 Å². The normalized spacial score (nSPS) is 12.1. The van der Waals surface area contributed by atoms with Gasteiger partial charge < -0.3 is 9.13 Å². The lowest BCUT2D eigenvalue weighted by Gasteiger charge is -2.34. The van der Waals surface area contributed by atoms with E-state index in [1.165, 1.54) is 95.7 Å². The zero-order valence-electron chi connectivity index (χ0n) is 34.9. The van der Waals surface area contributed by atoms with Crippen molar-refractivity contribution >= 4 is 104 Å². The van der Waals surface area contributed by atoms with Gasteiger partial charge in [0.05, 0.1) is 27.8 Å². The molecule has 13 aromatic rings. The van der Waals surface area contributed by atoms with Crippen LogP contribution in [0.3, 0.4) is 0 Å². The molecule has 0 fully saturated rings. The third-order valence-electron chi connectivity index (χ3n) is 13.5. The molecule has 0 bridgehead atoms. The smallest absolute Gasteiger partial charge is 0.179 e. The molecule has 0 aliphatic heterocycles. The third kappa shape index (κ3) is 5.43. The molecule has 0 unspecified atom stereocenters. The molecule has 10 aromatic carbocycles. The molecule has 64 heavy (non-hydrogen) atoms. The quantitative estimate of drug-likeness (QED) is 0.112. The topological polar surface area (TPSA) is 9.86 Å². The molecule has 3 aromatic heterocycles. The molecule has 0 N–H and O–H groups in total. The highest BCUT2D eigenvalue weighted by Gasteiger charge is 2.41. The summed E-state index contributed by atoms with van der Waals surface area (Å²) in [6.45, 7) is 0. The largest absolute Gasteiger partial charge is 0.307 e. The molecule has 0 spiro atoms. The number of para-hydroxylation sites is 3. The van der Waals surface area contributed by atoms with E-state index in [-0.39, 0.29) is 0 Å². The molecular weight excluding hydrogens is 809 g/mol. The zero-order valence-corrected chi connectivity index (χ0v) is 36.7. The van der Waals surface area contributed by atoms with Crippen molar-refractivity contribution in [1.82, 2.24) is 9.13 Å².